The second kappa shape index (κ2) is 12.7. The van der Waals surface area contributed by atoms with Gasteiger partial charge in [0.25, 0.3) is 0 Å². The molecule has 0 spiro atoms. The van der Waals surface area contributed by atoms with Gasteiger partial charge in [0.05, 0.1) is 29.7 Å². The molecule has 0 radical (unpaired) electrons. The van der Waals surface area contributed by atoms with E-state index in [1.165, 1.54) is 18.5 Å². The number of anilines is 3. The van der Waals surface area contributed by atoms with Crippen LogP contribution in [0.2, 0.25) is 0 Å². The molecule has 10 nitrogen and oxygen atoms in total. The standard InChI is InChI=1S/C33H30FN7O3/c1-3-32(42)41-14-9-22(10-15-41)39-30-18-25-29(19-31(30)43-2)37-20-38-33(25)40-27-5-4-23(16-26(27)34)44-24-8-13-36-28(17-24)21-6-11-35-12-7-21/h3-8,11-13,16-20,22,39H,1,9-10,14-15H2,2H3,(H,37,38,40). The topological polar surface area (TPSA) is 114 Å². The van der Waals surface area contributed by atoms with Crippen LogP contribution in [-0.2, 0) is 4.79 Å². The van der Waals surface area contributed by atoms with Crippen molar-refractivity contribution in [3.05, 3.63) is 98.0 Å². The first kappa shape index (κ1) is 28.5. The minimum atomic E-state index is -0.509. The highest BCUT2D eigenvalue weighted by molar-refractivity contribution is 5.95. The smallest absolute Gasteiger partial charge is 0.245 e. The van der Waals surface area contributed by atoms with Crippen LogP contribution in [0.1, 0.15) is 12.8 Å². The number of amides is 1. The van der Waals surface area contributed by atoms with E-state index in [1.54, 1.807) is 54.9 Å². The first-order valence-corrected chi connectivity index (χ1v) is 14.1. The number of methoxy groups -OCH3 is 1. The minimum Gasteiger partial charge on any atom is -0.495 e. The van der Waals surface area contributed by atoms with Crippen LogP contribution >= 0.6 is 0 Å². The van der Waals surface area contributed by atoms with Gasteiger partial charge in [0.15, 0.2) is 0 Å². The number of nitrogens with zero attached hydrogens (tertiary/aromatic N) is 5. The summed E-state index contributed by atoms with van der Waals surface area (Å²) < 4.78 is 26.9. The molecule has 0 aliphatic carbocycles. The monoisotopic (exact) mass is 591 g/mol. The lowest BCUT2D eigenvalue weighted by Crippen LogP contribution is -2.41. The van der Waals surface area contributed by atoms with Crippen LogP contribution in [0.3, 0.4) is 0 Å². The summed E-state index contributed by atoms with van der Waals surface area (Å²) in [6.45, 7) is 4.86. The van der Waals surface area contributed by atoms with Gasteiger partial charge in [-0.3, -0.25) is 14.8 Å². The molecule has 0 unspecified atom stereocenters. The Hall–Kier alpha value is -5.58. The van der Waals surface area contributed by atoms with Crippen molar-refractivity contribution in [3.8, 4) is 28.5 Å². The average Bonchev–Trinajstić information content (AvgIpc) is 3.06. The second-order valence-corrected chi connectivity index (χ2v) is 10.2. The van der Waals surface area contributed by atoms with Crippen molar-refractivity contribution in [2.24, 2.45) is 0 Å². The zero-order valence-corrected chi connectivity index (χ0v) is 24.0. The third-order valence-electron chi connectivity index (χ3n) is 7.43. The zero-order valence-electron chi connectivity index (χ0n) is 24.0. The summed E-state index contributed by atoms with van der Waals surface area (Å²) in [5.74, 6) is 1.37. The normalized spacial score (nSPS) is 13.4. The number of piperidine rings is 1. The maximum Gasteiger partial charge on any atom is 0.245 e. The summed E-state index contributed by atoms with van der Waals surface area (Å²) in [5, 5.41) is 7.35. The minimum absolute atomic E-state index is 0.0565. The number of fused-ring (bicyclic) bond motifs is 1. The Morgan fingerprint density at radius 3 is 2.52 bits per heavy atom. The molecule has 1 amide bonds. The van der Waals surface area contributed by atoms with Gasteiger partial charge in [0.1, 0.15) is 35.2 Å². The molecule has 1 saturated heterocycles. The number of carbonyl (C=O) groups excluding carboxylic acids is 1. The molecule has 0 atom stereocenters. The van der Waals surface area contributed by atoms with Gasteiger partial charge < -0.3 is 25.0 Å². The quantitative estimate of drug-likeness (QED) is 0.189. The summed E-state index contributed by atoms with van der Waals surface area (Å²) in [7, 11) is 1.60. The largest absolute Gasteiger partial charge is 0.495 e. The number of nitrogens with one attached hydrogen (secondary N) is 2. The summed E-state index contributed by atoms with van der Waals surface area (Å²) in [6, 6.07) is 15.7. The summed E-state index contributed by atoms with van der Waals surface area (Å²) >= 11 is 0. The number of carbonyl (C=O) groups is 1. The molecule has 0 bridgehead atoms. The maximum absolute atomic E-state index is 15.3. The number of aromatic nitrogens is 4. The molecule has 1 aliphatic heterocycles. The van der Waals surface area contributed by atoms with Crippen molar-refractivity contribution in [2.45, 2.75) is 18.9 Å². The van der Waals surface area contributed by atoms with Crippen LogP contribution in [0.15, 0.2) is 92.2 Å². The molecule has 1 aliphatic rings. The molecule has 2 N–H and O–H groups in total. The van der Waals surface area contributed by atoms with E-state index in [9.17, 15) is 4.79 Å². The molecule has 11 heteroatoms. The number of likely N-dealkylation sites (tertiary alicyclic amines) is 1. The predicted octanol–water partition coefficient (Wildman–Crippen LogP) is 6.36. The Kier molecular flexibility index (Phi) is 8.26. The number of hydrogen-bond acceptors (Lipinski definition) is 9. The molecule has 0 saturated carbocycles. The summed E-state index contributed by atoms with van der Waals surface area (Å²) in [6.07, 6.45) is 9.35. The molecule has 2 aromatic carbocycles. The van der Waals surface area contributed by atoms with Crippen LogP contribution < -0.4 is 20.1 Å². The first-order valence-electron chi connectivity index (χ1n) is 14.1. The van der Waals surface area contributed by atoms with Gasteiger partial charge >= 0.3 is 0 Å². The lowest BCUT2D eigenvalue weighted by atomic mass is 10.0. The van der Waals surface area contributed by atoms with Crippen LogP contribution in [0.4, 0.5) is 21.6 Å². The van der Waals surface area contributed by atoms with Crippen LogP contribution in [-0.4, -0.2) is 57.0 Å². The fourth-order valence-corrected chi connectivity index (χ4v) is 5.14. The van der Waals surface area contributed by atoms with Gasteiger partial charge in [0.2, 0.25) is 5.91 Å². The van der Waals surface area contributed by atoms with Crippen molar-refractivity contribution >= 4 is 34.0 Å². The van der Waals surface area contributed by atoms with E-state index in [4.69, 9.17) is 9.47 Å². The lowest BCUT2D eigenvalue weighted by Gasteiger charge is -2.32. The van der Waals surface area contributed by atoms with Crippen LogP contribution in [0, 0.1) is 5.82 Å². The van der Waals surface area contributed by atoms with E-state index < -0.39 is 5.82 Å². The fourth-order valence-electron chi connectivity index (χ4n) is 5.14. The van der Waals surface area contributed by atoms with E-state index in [2.05, 4.69) is 37.1 Å². The third kappa shape index (κ3) is 6.26. The highest BCUT2D eigenvalue weighted by atomic mass is 19.1. The summed E-state index contributed by atoms with van der Waals surface area (Å²) in [5.41, 5.74) is 3.25. The molecule has 222 valence electrons. The van der Waals surface area contributed by atoms with Crippen LogP contribution in [0.25, 0.3) is 22.2 Å². The average molecular weight is 592 g/mol. The molecular weight excluding hydrogens is 561 g/mol. The van der Waals surface area contributed by atoms with Gasteiger partial charge in [-0.1, -0.05) is 6.58 Å². The van der Waals surface area contributed by atoms with Gasteiger partial charge in [-0.2, -0.15) is 0 Å². The Labute approximate surface area is 253 Å². The van der Waals surface area contributed by atoms with Crippen molar-refractivity contribution in [1.82, 2.24) is 24.8 Å². The number of benzene rings is 2. The van der Waals surface area contributed by atoms with E-state index in [0.29, 0.717) is 47.1 Å². The first-order chi connectivity index (χ1) is 21.5. The molecule has 4 heterocycles. The number of pyridine rings is 2. The Bertz CT molecular complexity index is 1810. The van der Waals surface area contributed by atoms with Crippen molar-refractivity contribution < 1.29 is 18.7 Å². The predicted molar refractivity (Wildman–Crippen MR) is 167 cm³/mol. The highest BCUT2D eigenvalue weighted by Crippen LogP contribution is 2.35. The molecular formula is C33H30FN7O3. The van der Waals surface area contributed by atoms with Gasteiger partial charge in [0, 0.05) is 66.9 Å². The SMILES string of the molecule is C=CC(=O)N1CCC(Nc2cc3c(Nc4ccc(Oc5ccnc(-c6ccncc6)c5)cc4F)ncnc3cc2OC)CC1. The van der Waals surface area contributed by atoms with Crippen molar-refractivity contribution in [2.75, 3.05) is 30.8 Å². The molecule has 6 rings (SSSR count). The van der Waals surface area contributed by atoms with Gasteiger partial charge in [-0.25, -0.2) is 14.4 Å². The van der Waals surface area contributed by atoms with Gasteiger partial charge in [-0.05, 0) is 55.3 Å². The highest BCUT2D eigenvalue weighted by Gasteiger charge is 2.23. The molecule has 5 aromatic rings. The number of rotatable bonds is 9. The molecule has 3 aromatic heterocycles. The van der Waals surface area contributed by atoms with Gasteiger partial charge in [-0.15, -0.1) is 0 Å². The molecule has 44 heavy (non-hydrogen) atoms. The number of halogens is 1. The Balaban J connectivity index is 1.20. The number of ether oxygens (including phenoxy) is 2. The van der Waals surface area contributed by atoms with Crippen molar-refractivity contribution in [1.29, 1.82) is 0 Å². The van der Waals surface area contributed by atoms with E-state index in [1.807, 2.05) is 24.3 Å². The lowest BCUT2D eigenvalue weighted by molar-refractivity contribution is -0.126. The Morgan fingerprint density at radius 1 is 0.977 bits per heavy atom. The summed E-state index contributed by atoms with van der Waals surface area (Å²) in [4.78, 5) is 31.0. The van der Waals surface area contributed by atoms with Crippen molar-refractivity contribution in [3.63, 3.8) is 0 Å². The molecule has 1 fully saturated rings. The third-order valence-corrected chi connectivity index (χ3v) is 7.43. The fraction of sp³-hybridized carbons (Fsp3) is 0.182. The van der Waals surface area contributed by atoms with E-state index >= 15 is 4.39 Å². The number of hydrogen-bond donors (Lipinski definition) is 2. The van der Waals surface area contributed by atoms with E-state index in [0.717, 1.165) is 29.8 Å². The zero-order chi connectivity index (χ0) is 30.5. The maximum atomic E-state index is 15.3. The second-order valence-electron chi connectivity index (χ2n) is 10.2. The Morgan fingerprint density at radius 2 is 1.77 bits per heavy atom. The van der Waals surface area contributed by atoms with E-state index in [-0.39, 0.29) is 17.6 Å². The van der Waals surface area contributed by atoms with Crippen LogP contribution in [0.5, 0.6) is 17.2 Å².